The van der Waals surface area contributed by atoms with Crippen LogP contribution < -0.4 is 11.1 Å². The summed E-state index contributed by atoms with van der Waals surface area (Å²) < 4.78 is 59.9. The van der Waals surface area contributed by atoms with Crippen molar-refractivity contribution in [2.75, 3.05) is 26.3 Å². The molecule has 0 aliphatic carbocycles. The van der Waals surface area contributed by atoms with Crippen LogP contribution >= 0.6 is 31.0 Å². The number of halogens is 5. The standard InChI is InChI=1S/C32H33F4N7O4.HIS/c1-2-42-28(39-20-12-15-47-16-13-20)25(26(38)30(45)43-14-4-5-21(43)17-37)24(18-8-10-19(33)11-9-18)27(31(42)46)41-29(44)22-6-3-7-23(40-22)32(34,35)36;1-2/h3,6-11,20-21,24,27H,2,4-5,12-16,38H2,1H3,(H,41,44);2H/b26-25-,39-28?;. The lowest BCUT2D eigenvalue weighted by atomic mass is 9.78. The Balaban J connectivity index is 0.00000265. The molecule has 262 valence electrons. The molecule has 3 N–H and O–H groups in total. The number of likely N-dealkylation sites (tertiary alicyclic amines) is 2. The van der Waals surface area contributed by atoms with Gasteiger partial charge >= 0.3 is 6.18 Å². The minimum Gasteiger partial charge on any atom is -0.394 e. The Bertz CT molecular complexity index is 1640. The summed E-state index contributed by atoms with van der Waals surface area (Å²) in [4.78, 5) is 52.7. The predicted molar refractivity (Wildman–Crippen MR) is 183 cm³/mol. The van der Waals surface area contributed by atoms with E-state index >= 15 is 0 Å². The lowest BCUT2D eigenvalue weighted by Crippen LogP contribution is -2.60. The van der Waals surface area contributed by atoms with Gasteiger partial charge in [-0.15, -0.1) is 9.80 Å². The molecule has 3 saturated heterocycles. The van der Waals surface area contributed by atoms with Gasteiger partial charge in [0, 0.05) is 37.8 Å². The van der Waals surface area contributed by atoms with E-state index in [0.29, 0.717) is 45.0 Å². The zero-order valence-electron chi connectivity index (χ0n) is 26.3. The number of rotatable bonds is 6. The van der Waals surface area contributed by atoms with Gasteiger partial charge < -0.3 is 20.7 Å². The number of pyridine rings is 1. The van der Waals surface area contributed by atoms with Crippen molar-refractivity contribution in [2.45, 2.75) is 62.8 Å². The number of benzene rings is 1. The second-order valence-electron chi connectivity index (χ2n) is 11.4. The van der Waals surface area contributed by atoms with Crippen LogP contribution in [0.25, 0.3) is 0 Å². The van der Waals surface area contributed by atoms with E-state index in [1.54, 1.807) is 6.92 Å². The second kappa shape index (κ2) is 16.8. The van der Waals surface area contributed by atoms with Crippen molar-refractivity contribution >= 4 is 54.6 Å². The van der Waals surface area contributed by atoms with Crippen molar-refractivity contribution < 1.29 is 36.7 Å². The molecular formula is C32H34F4IN7O4S. The van der Waals surface area contributed by atoms with Crippen molar-refractivity contribution in [3.05, 3.63) is 76.5 Å². The van der Waals surface area contributed by atoms with Gasteiger partial charge in [-0.2, -0.15) is 18.4 Å². The number of nitrogens with two attached hydrogens (primary N) is 1. The fraction of sp³-hybridized carbons (Fsp3) is 0.438. The monoisotopic (exact) mass is 815 g/mol. The van der Waals surface area contributed by atoms with E-state index in [2.05, 4.69) is 26.2 Å². The molecule has 3 atom stereocenters. The van der Waals surface area contributed by atoms with E-state index in [1.165, 1.54) is 21.9 Å². The maximum Gasteiger partial charge on any atom is 0.433 e. The number of carbonyl (C=O) groups excluding carboxylic acids is 3. The highest BCUT2D eigenvalue weighted by atomic mass is 127. The minimum absolute atomic E-state index is 0.0285. The Kier molecular flexibility index (Phi) is 13.0. The van der Waals surface area contributed by atoms with Crippen LogP contribution in [0.2, 0.25) is 0 Å². The zero-order valence-corrected chi connectivity index (χ0v) is 29.3. The third-order valence-electron chi connectivity index (χ3n) is 8.46. The molecule has 3 fully saturated rings. The first kappa shape index (κ1) is 38.0. The molecule has 2 aromatic rings. The van der Waals surface area contributed by atoms with Gasteiger partial charge in [-0.25, -0.2) is 9.37 Å². The summed E-state index contributed by atoms with van der Waals surface area (Å²) in [5.41, 5.74) is 4.81. The molecule has 4 heterocycles. The molecule has 3 unspecified atom stereocenters. The number of amidine groups is 1. The van der Waals surface area contributed by atoms with E-state index < -0.39 is 59.1 Å². The average Bonchev–Trinajstić information content (AvgIpc) is 3.59. The number of nitrogens with one attached hydrogen (secondary N) is 1. The Morgan fingerprint density at radius 3 is 2.45 bits per heavy atom. The zero-order chi connectivity index (χ0) is 35.9. The number of likely N-dealkylation sites (N-methyl/N-ethyl adjacent to an activating group) is 1. The van der Waals surface area contributed by atoms with Crippen molar-refractivity contribution in [2.24, 2.45) is 10.7 Å². The molecule has 5 rings (SSSR count). The molecule has 3 aliphatic heterocycles. The Labute approximate surface area is 297 Å². The second-order valence-corrected chi connectivity index (χ2v) is 11.4. The lowest BCUT2D eigenvalue weighted by molar-refractivity contribution is -0.141. The first-order valence-electron chi connectivity index (χ1n) is 15.4. The number of aliphatic imine (C=N–C) groups is 1. The van der Waals surface area contributed by atoms with Crippen molar-refractivity contribution in [1.29, 1.82) is 5.26 Å². The number of nitriles is 1. The number of hydrogen-bond donors (Lipinski definition) is 3. The molecule has 0 spiro atoms. The molecule has 49 heavy (non-hydrogen) atoms. The van der Waals surface area contributed by atoms with Gasteiger partial charge in [-0.05, 0) is 83.6 Å². The summed E-state index contributed by atoms with van der Waals surface area (Å²) >= 11 is 1.84. The van der Waals surface area contributed by atoms with Crippen LogP contribution in [0.5, 0.6) is 0 Å². The summed E-state index contributed by atoms with van der Waals surface area (Å²) in [6.07, 6.45) is -2.79. The quantitative estimate of drug-likeness (QED) is 0.167. The van der Waals surface area contributed by atoms with Crippen LogP contribution in [0.1, 0.15) is 60.3 Å². The van der Waals surface area contributed by atoms with E-state index in [-0.39, 0.29) is 41.8 Å². The third-order valence-corrected chi connectivity index (χ3v) is 8.46. The molecule has 1 aromatic heterocycles. The smallest absolute Gasteiger partial charge is 0.394 e. The largest absolute Gasteiger partial charge is 0.433 e. The highest BCUT2D eigenvalue weighted by molar-refractivity contribution is 14.2. The van der Waals surface area contributed by atoms with Crippen LogP contribution in [0.3, 0.4) is 0 Å². The number of nitrogens with zero attached hydrogens (tertiary/aromatic N) is 5. The normalized spacial score (nSPS) is 23.4. The number of carbonyl (C=O) groups is 3. The molecule has 3 amide bonds. The van der Waals surface area contributed by atoms with Gasteiger partial charge in [-0.1, -0.05) is 18.2 Å². The SMILES string of the molecule is CCN1C(=O)C(NC(=O)c2cccc(C(F)(F)F)n2)C(c2ccc(F)cc2)/C(=C(/N)C(=O)N2CCCC2C#N)C1=NC1CCOCC1.SI. The maximum absolute atomic E-state index is 14.3. The molecule has 1 aromatic carbocycles. The number of alkyl halides is 3. The van der Waals surface area contributed by atoms with Crippen LogP contribution in [-0.4, -0.2) is 82.8 Å². The fourth-order valence-electron chi connectivity index (χ4n) is 6.11. The molecule has 17 heteroatoms. The molecule has 11 nitrogen and oxygen atoms in total. The van der Waals surface area contributed by atoms with Gasteiger partial charge in [0.05, 0.1) is 12.1 Å². The summed E-state index contributed by atoms with van der Waals surface area (Å²) in [6.45, 7) is 2.77. The Morgan fingerprint density at radius 2 is 1.84 bits per heavy atom. The number of piperidine rings is 1. The van der Waals surface area contributed by atoms with Crippen LogP contribution in [0.4, 0.5) is 17.6 Å². The lowest BCUT2D eigenvalue weighted by Gasteiger charge is -2.42. The highest BCUT2D eigenvalue weighted by Gasteiger charge is 2.48. The molecule has 0 saturated carbocycles. The number of amides is 3. The third kappa shape index (κ3) is 8.52. The number of hydrogen-bond acceptors (Lipinski definition) is 9. The van der Waals surface area contributed by atoms with Gasteiger partial charge in [0.25, 0.3) is 17.7 Å². The molecule has 3 aliphatic rings. The molecule has 0 bridgehead atoms. The maximum atomic E-state index is 14.3. The van der Waals surface area contributed by atoms with Crippen molar-refractivity contribution in [3.8, 4) is 6.07 Å². The highest BCUT2D eigenvalue weighted by Crippen LogP contribution is 2.38. The fourth-order valence-corrected chi connectivity index (χ4v) is 6.11. The number of aromatic nitrogens is 1. The number of thiol groups is 1. The average molecular weight is 816 g/mol. The Morgan fingerprint density at radius 1 is 1.16 bits per heavy atom. The molecule has 0 radical (unpaired) electrons. The summed E-state index contributed by atoms with van der Waals surface area (Å²) in [6, 6.07) is 7.34. The van der Waals surface area contributed by atoms with Gasteiger partial charge in [0.1, 0.15) is 40.8 Å². The van der Waals surface area contributed by atoms with Crippen LogP contribution in [0.15, 0.2) is 58.7 Å². The van der Waals surface area contributed by atoms with Crippen LogP contribution in [0, 0.1) is 17.1 Å². The van der Waals surface area contributed by atoms with E-state index in [1.807, 2.05) is 21.2 Å². The first-order chi connectivity index (χ1) is 23.4. The van der Waals surface area contributed by atoms with Crippen LogP contribution in [-0.2, 0) is 20.5 Å². The van der Waals surface area contributed by atoms with E-state index in [4.69, 9.17) is 15.5 Å². The van der Waals surface area contributed by atoms with E-state index in [0.717, 1.165) is 24.3 Å². The Hall–Kier alpha value is -3.76. The van der Waals surface area contributed by atoms with E-state index in [9.17, 15) is 37.2 Å². The van der Waals surface area contributed by atoms with Crippen molar-refractivity contribution in [3.63, 3.8) is 0 Å². The predicted octanol–water partition coefficient (Wildman–Crippen LogP) is 4.55. The number of ether oxygens (including phenoxy) is 1. The summed E-state index contributed by atoms with van der Waals surface area (Å²) in [7, 11) is 3.50. The van der Waals surface area contributed by atoms with Gasteiger partial charge in [0.2, 0.25) is 0 Å². The van der Waals surface area contributed by atoms with Gasteiger partial charge in [-0.3, -0.25) is 24.3 Å². The topological polar surface area (TPSA) is 154 Å². The van der Waals surface area contributed by atoms with Gasteiger partial charge in [0.15, 0.2) is 0 Å². The summed E-state index contributed by atoms with van der Waals surface area (Å²) in [5.74, 6) is -4.18. The summed E-state index contributed by atoms with van der Waals surface area (Å²) in [5, 5.41) is 12.2. The molecular weight excluding hydrogens is 781 g/mol. The van der Waals surface area contributed by atoms with Crippen molar-refractivity contribution in [1.82, 2.24) is 20.1 Å². The first-order valence-corrected chi connectivity index (χ1v) is 18.6. The minimum atomic E-state index is -4.83.